The molecule has 1 amide bonds. The van der Waals surface area contributed by atoms with E-state index >= 15 is 0 Å². The first-order chi connectivity index (χ1) is 11.5. The van der Waals surface area contributed by atoms with Crippen molar-refractivity contribution in [2.45, 2.75) is 45.3 Å². The van der Waals surface area contributed by atoms with Crippen molar-refractivity contribution in [2.24, 2.45) is 0 Å². The molecule has 0 aromatic heterocycles. The van der Waals surface area contributed by atoms with E-state index in [9.17, 15) is 14.4 Å². The summed E-state index contributed by atoms with van der Waals surface area (Å²) in [5.41, 5.74) is -0.239. The predicted molar refractivity (Wildman–Crippen MR) is 100 cm³/mol. The van der Waals surface area contributed by atoms with E-state index in [1.807, 2.05) is 0 Å². The van der Waals surface area contributed by atoms with Gasteiger partial charge in [-0.2, -0.15) is 0 Å². The number of amides is 1. The molecule has 1 rings (SSSR count). The molecule has 1 atom stereocenters. The number of esters is 2. The maximum absolute atomic E-state index is 12.4. The van der Waals surface area contributed by atoms with Crippen molar-refractivity contribution < 1.29 is 23.9 Å². The van der Waals surface area contributed by atoms with Crippen LogP contribution >= 0.6 is 31.9 Å². The first kappa shape index (κ1) is 21.6. The number of carbonyl (C=O) groups is 3. The highest BCUT2D eigenvalue weighted by Gasteiger charge is 2.25. The van der Waals surface area contributed by atoms with Crippen LogP contribution in [-0.4, -0.2) is 36.6 Å². The molecular weight excluding hydrogens is 458 g/mol. The smallest absolute Gasteiger partial charge is 0.328 e. The van der Waals surface area contributed by atoms with Crippen LogP contribution in [0.5, 0.6) is 0 Å². The summed E-state index contributed by atoms with van der Waals surface area (Å²) in [5.74, 6) is -1.51. The number of nitrogens with one attached hydrogen (secondary N) is 1. The number of halogens is 2. The van der Waals surface area contributed by atoms with Crippen molar-refractivity contribution in [3.63, 3.8) is 0 Å². The highest BCUT2D eigenvalue weighted by atomic mass is 79.9. The summed E-state index contributed by atoms with van der Waals surface area (Å²) in [6, 6.07) is 4.10. The molecule has 0 saturated heterocycles. The third-order valence-electron chi connectivity index (χ3n) is 2.97. The SMILES string of the molecule is COC(=O)[C@H](CCC(=O)OC(C)(C)C)NC(=O)c1cc(Br)cc(Br)c1. The van der Waals surface area contributed by atoms with Crippen LogP contribution in [0.15, 0.2) is 27.1 Å². The number of ether oxygens (including phenoxy) is 2. The van der Waals surface area contributed by atoms with Gasteiger partial charge in [0.25, 0.3) is 5.91 Å². The fourth-order valence-electron chi connectivity index (χ4n) is 1.97. The summed E-state index contributed by atoms with van der Waals surface area (Å²) in [6.45, 7) is 5.28. The van der Waals surface area contributed by atoms with Crippen LogP contribution in [0.4, 0.5) is 0 Å². The van der Waals surface area contributed by atoms with Gasteiger partial charge < -0.3 is 14.8 Å². The number of benzene rings is 1. The van der Waals surface area contributed by atoms with Crippen molar-refractivity contribution >= 4 is 49.7 Å². The number of hydrogen-bond acceptors (Lipinski definition) is 5. The number of rotatable bonds is 6. The molecule has 0 aliphatic carbocycles. The lowest BCUT2D eigenvalue weighted by atomic mass is 10.1. The van der Waals surface area contributed by atoms with Crippen molar-refractivity contribution in [3.05, 3.63) is 32.7 Å². The summed E-state index contributed by atoms with van der Waals surface area (Å²) >= 11 is 6.61. The second-order valence-corrected chi connectivity index (χ2v) is 8.16. The quantitative estimate of drug-likeness (QED) is 0.631. The molecule has 0 fully saturated rings. The number of carbonyl (C=O) groups excluding carboxylic acids is 3. The van der Waals surface area contributed by atoms with Crippen LogP contribution in [0.3, 0.4) is 0 Å². The lowest BCUT2D eigenvalue weighted by Crippen LogP contribution is -2.42. The average molecular weight is 479 g/mol. The zero-order chi connectivity index (χ0) is 19.2. The topological polar surface area (TPSA) is 81.7 Å². The van der Waals surface area contributed by atoms with Gasteiger partial charge in [-0.1, -0.05) is 31.9 Å². The van der Waals surface area contributed by atoms with Crippen LogP contribution in [0.25, 0.3) is 0 Å². The molecule has 0 spiro atoms. The molecule has 138 valence electrons. The van der Waals surface area contributed by atoms with E-state index in [1.54, 1.807) is 39.0 Å². The molecule has 6 nitrogen and oxygen atoms in total. The fraction of sp³-hybridized carbons (Fsp3) is 0.471. The van der Waals surface area contributed by atoms with Crippen molar-refractivity contribution in [3.8, 4) is 0 Å². The Morgan fingerprint density at radius 1 is 1.12 bits per heavy atom. The summed E-state index contributed by atoms with van der Waals surface area (Å²) in [7, 11) is 1.23. The van der Waals surface area contributed by atoms with Crippen LogP contribution in [-0.2, 0) is 19.1 Å². The van der Waals surface area contributed by atoms with Gasteiger partial charge in [-0.15, -0.1) is 0 Å². The summed E-state index contributed by atoms with van der Waals surface area (Å²) in [5, 5.41) is 2.59. The molecule has 0 bridgehead atoms. The Bertz CT molecular complexity index is 635. The van der Waals surface area contributed by atoms with Gasteiger partial charge in [-0.25, -0.2) is 4.79 Å². The van der Waals surface area contributed by atoms with E-state index in [4.69, 9.17) is 9.47 Å². The molecule has 0 aliphatic rings. The second kappa shape index (κ2) is 9.33. The van der Waals surface area contributed by atoms with Crippen LogP contribution in [0.1, 0.15) is 44.0 Å². The summed E-state index contributed by atoms with van der Waals surface area (Å²) < 4.78 is 11.3. The molecule has 1 aromatic carbocycles. The minimum absolute atomic E-state index is 0.0144. The lowest BCUT2D eigenvalue weighted by Gasteiger charge is -2.21. The largest absolute Gasteiger partial charge is 0.467 e. The predicted octanol–water partition coefficient (Wildman–Crippen LogP) is 3.60. The van der Waals surface area contributed by atoms with Gasteiger partial charge >= 0.3 is 11.9 Å². The van der Waals surface area contributed by atoms with Gasteiger partial charge in [-0.05, 0) is 45.4 Å². The molecule has 1 aromatic rings. The van der Waals surface area contributed by atoms with E-state index in [1.165, 1.54) is 7.11 Å². The molecule has 8 heteroatoms. The van der Waals surface area contributed by atoms with Crippen LogP contribution in [0, 0.1) is 0 Å². The molecule has 0 unspecified atom stereocenters. The van der Waals surface area contributed by atoms with Gasteiger partial charge in [0, 0.05) is 20.9 Å². The summed E-state index contributed by atoms with van der Waals surface area (Å²) in [4.78, 5) is 36.1. The van der Waals surface area contributed by atoms with E-state index in [0.717, 1.165) is 8.95 Å². The van der Waals surface area contributed by atoms with Crippen molar-refractivity contribution in [2.75, 3.05) is 7.11 Å². The van der Waals surface area contributed by atoms with Gasteiger partial charge in [0.1, 0.15) is 11.6 Å². The van der Waals surface area contributed by atoms with Gasteiger partial charge in [-0.3, -0.25) is 9.59 Å². The van der Waals surface area contributed by atoms with E-state index < -0.39 is 29.5 Å². The molecule has 0 radical (unpaired) electrons. The first-order valence-corrected chi connectivity index (χ1v) is 9.17. The zero-order valence-corrected chi connectivity index (χ0v) is 17.7. The third kappa shape index (κ3) is 8.00. The molecule has 1 N–H and O–H groups in total. The molecule has 0 aliphatic heterocycles. The third-order valence-corrected chi connectivity index (χ3v) is 3.89. The highest BCUT2D eigenvalue weighted by Crippen LogP contribution is 2.20. The van der Waals surface area contributed by atoms with E-state index in [0.29, 0.717) is 5.56 Å². The van der Waals surface area contributed by atoms with Crippen molar-refractivity contribution in [1.29, 1.82) is 0 Å². The standard InChI is InChI=1S/C17H21Br2NO5/c1-17(2,3)25-14(21)6-5-13(16(23)24-4)20-15(22)10-7-11(18)9-12(19)8-10/h7-9,13H,5-6H2,1-4H3,(H,20,22)/t13-/m0/s1. The Morgan fingerprint density at radius 3 is 2.16 bits per heavy atom. The van der Waals surface area contributed by atoms with Gasteiger partial charge in [0.2, 0.25) is 0 Å². The Balaban J connectivity index is 2.77. The number of hydrogen-bond donors (Lipinski definition) is 1. The van der Waals surface area contributed by atoms with E-state index in [2.05, 4.69) is 37.2 Å². The minimum Gasteiger partial charge on any atom is -0.467 e. The number of methoxy groups -OCH3 is 1. The molecule has 0 saturated carbocycles. The Hall–Kier alpha value is -1.41. The molecule has 0 heterocycles. The fourth-order valence-corrected chi connectivity index (χ4v) is 3.27. The Morgan fingerprint density at radius 2 is 1.68 bits per heavy atom. The maximum Gasteiger partial charge on any atom is 0.328 e. The van der Waals surface area contributed by atoms with E-state index in [-0.39, 0.29) is 12.8 Å². The lowest BCUT2D eigenvalue weighted by molar-refractivity contribution is -0.155. The average Bonchev–Trinajstić information content (AvgIpc) is 2.47. The second-order valence-electron chi connectivity index (χ2n) is 6.33. The maximum atomic E-state index is 12.4. The molecular formula is C17H21Br2NO5. The minimum atomic E-state index is -0.942. The van der Waals surface area contributed by atoms with Crippen molar-refractivity contribution in [1.82, 2.24) is 5.32 Å². The summed E-state index contributed by atoms with van der Waals surface area (Å²) in [6.07, 6.45) is 0.0714. The molecule has 25 heavy (non-hydrogen) atoms. The normalized spacial score (nSPS) is 12.2. The van der Waals surface area contributed by atoms with Crippen LogP contribution in [0.2, 0.25) is 0 Å². The van der Waals surface area contributed by atoms with Gasteiger partial charge in [0.15, 0.2) is 0 Å². The monoisotopic (exact) mass is 477 g/mol. The Labute approximate surface area is 163 Å². The zero-order valence-electron chi connectivity index (χ0n) is 14.5. The van der Waals surface area contributed by atoms with Gasteiger partial charge in [0.05, 0.1) is 7.11 Å². The highest BCUT2D eigenvalue weighted by molar-refractivity contribution is 9.11. The first-order valence-electron chi connectivity index (χ1n) is 7.58. The Kier molecular flexibility index (Phi) is 8.08. The van der Waals surface area contributed by atoms with Crippen LogP contribution < -0.4 is 5.32 Å².